The smallest absolute Gasteiger partial charge is 0.295 e. The largest absolute Gasteiger partial charge is 0.508 e. The average molecular weight is 397 g/mol. The molecule has 1 amide bonds. The van der Waals surface area contributed by atoms with Crippen LogP contribution in [0.1, 0.15) is 12.8 Å². The normalized spacial score (nSPS) is 13.4. The topological polar surface area (TPSA) is 83.7 Å². The van der Waals surface area contributed by atoms with E-state index in [9.17, 15) is 19.3 Å². The van der Waals surface area contributed by atoms with Crippen molar-refractivity contribution in [1.29, 1.82) is 0 Å². The van der Waals surface area contributed by atoms with E-state index in [0.29, 0.717) is 25.1 Å². The van der Waals surface area contributed by atoms with Crippen molar-refractivity contribution in [3.05, 3.63) is 62.9 Å². The molecule has 0 radical (unpaired) electrons. The Kier molecular flexibility index (Phi) is 5.86. The summed E-state index contributed by atoms with van der Waals surface area (Å²) in [6, 6.07) is 10.8. The van der Waals surface area contributed by atoms with Gasteiger partial charge >= 0.3 is 0 Å². The minimum absolute atomic E-state index is 0.109. The molecule has 24 heavy (non-hydrogen) atoms. The number of amides is 1. The molecule has 1 N–H and O–H groups in total. The molecule has 3 rings (SSSR count). The van der Waals surface area contributed by atoms with Gasteiger partial charge in [0.25, 0.3) is 5.69 Å². The Labute approximate surface area is 145 Å². The number of benzene rings is 2. The highest BCUT2D eigenvalue weighted by Crippen LogP contribution is 2.35. The van der Waals surface area contributed by atoms with E-state index in [0.717, 1.165) is 6.07 Å². The zero-order valence-corrected chi connectivity index (χ0v) is 14.1. The summed E-state index contributed by atoms with van der Waals surface area (Å²) in [5, 5.41) is 19.5. The van der Waals surface area contributed by atoms with Gasteiger partial charge in [-0.3, -0.25) is 14.9 Å². The molecule has 2 aromatic rings. The number of hydrogen-bond donors (Lipinski definition) is 1. The van der Waals surface area contributed by atoms with Crippen LogP contribution in [-0.4, -0.2) is 22.5 Å². The van der Waals surface area contributed by atoms with Crippen LogP contribution in [-0.2, 0) is 4.79 Å². The molecule has 0 atom stereocenters. The fourth-order valence-corrected chi connectivity index (χ4v) is 2.55. The van der Waals surface area contributed by atoms with Crippen LogP contribution in [0.3, 0.4) is 0 Å². The molecule has 1 heterocycles. The summed E-state index contributed by atoms with van der Waals surface area (Å²) in [6.07, 6.45) is 1.02. The van der Waals surface area contributed by atoms with Gasteiger partial charge in [0, 0.05) is 13.0 Å². The molecule has 6 nitrogen and oxygen atoms in total. The summed E-state index contributed by atoms with van der Waals surface area (Å²) in [7, 11) is 0. The van der Waals surface area contributed by atoms with Gasteiger partial charge in [0.15, 0.2) is 0 Å². The molecular formula is C16H14BrFN2O4. The van der Waals surface area contributed by atoms with Crippen molar-refractivity contribution in [1.82, 2.24) is 0 Å². The van der Waals surface area contributed by atoms with Crippen molar-refractivity contribution in [2.24, 2.45) is 0 Å². The summed E-state index contributed by atoms with van der Waals surface area (Å²) in [4.78, 5) is 23.0. The fourth-order valence-electron chi connectivity index (χ4n) is 2.22. The Hall–Kier alpha value is -2.48. The van der Waals surface area contributed by atoms with Gasteiger partial charge in [0.2, 0.25) is 5.91 Å². The predicted octanol–water partition coefficient (Wildman–Crippen LogP) is 4.02. The molecule has 126 valence electrons. The third-order valence-corrected chi connectivity index (χ3v) is 3.94. The van der Waals surface area contributed by atoms with Gasteiger partial charge in [0.1, 0.15) is 17.3 Å². The Balaban J connectivity index is 0.000000249. The standard InChI is InChI=1S/C10H8BrFN2O3.C6H6O/c11-6-4-8(13-3-1-2-10(13)15)9(14(16)17)5-7(6)12;7-6-4-2-1-3-5-6/h4-5H,1-3H2;1-5,7H. The molecule has 1 aliphatic heterocycles. The molecular weight excluding hydrogens is 383 g/mol. The second kappa shape index (κ2) is 7.87. The van der Waals surface area contributed by atoms with Gasteiger partial charge in [-0.25, -0.2) is 4.39 Å². The summed E-state index contributed by atoms with van der Waals surface area (Å²) in [5.41, 5.74) is -0.244. The molecule has 1 saturated heterocycles. The maximum atomic E-state index is 13.2. The molecule has 2 aromatic carbocycles. The molecule has 8 heteroatoms. The highest BCUT2D eigenvalue weighted by atomic mass is 79.9. The van der Waals surface area contributed by atoms with Crippen LogP contribution in [0.5, 0.6) is 5.75 Å². The van der Waals surface area contributed by atoms with E-state index in [2.05, 4.69) is 15.9 Å². The number of para-hydroxylation sites is 1. The molecule has 0 bridgehead atoms. The lowest BCUT2D eigenvalue weighted by molar-refractivity contribution is -0.384. The highest BCUT2D eigenvalue weighted by Gasteiger charge is 2.29. The minimum atomic E-state index is -0.716. The quantitative estimate of drug-likeness (QED) is 0.613. The Morgan fingerprint density at radius 2 is 1.92 bits per heavy atom. The number of nitro groups is 1. The average Bonchev–Trinajstić information content (AvgIpc) is 2.97. The fraction of sp³-hybridized carbons (Fsp3) is 0.188. The van der Waals surface area contributed by atoms with E-state index in [-0.39, 0.29) is 21.8 Å². The molecule has 1 aliphatic rings. The van der Waals surface area contributed by atoms with Crippen LogP contribution in [0, 0.1) is 15.9 Å². The lowest BCUT2D eigenvalue weighted by Crippen LogP contribution is -2.24. The SMILES string of the molecule is O=C1CCCN1c1cc(Br)c(F)cc1[N+](=O)[O-].Oc1ccccc1. The van der Waals surface area contributed by atoms with Crippen molar-refractivity contribution in [3.63, 3.8) is 0 Å². The van der Waals surface area contributed by atoms with Crippen molar-refractivity contribution >= 4 is 33.2 Å². The van der Waals surface area contributed by atoms with Crippen molar-refractivity contribution in [2.75, 3.05) is 11.4 Å². The second-order valence-electron chi connectivity index (χ2n) is 5.00. The zero-order chi connectivity index (χ0) is 17.7. The summed E-state index contributed by atoms with van der Waals surface area (Å²) >= 11 is 2.96. The lowest BCUT2D eigenvalue weighted by Gasteiger charge is -2.16. The first-order valence-electron chi connectivity index (χ1n) is 7.08. The molecule has 1 fully saturated rings. The number of halogens is 2. The Morgan fingerprint density at radius 1 is 1.25 bits per heavy atom. The Morgan fingerprint density at radius 3 is 2.38 bits per heavy atom. The van der Waals surface area contributed by atoms with Crippen LogP contribution in [0.25, 0.3) is 0 Å². The first kappa shape index (κ1) is 17.9. The number of carbonyl (C=O) groups excluding carboxylic acids is 1. The minimum Gasteiger partial charge on any atom is -0.508 e. The van der Waals surface area contributed by atoms with Crippen LogP contribution < -0.4 is 4.90 Å². The number of aromatic hydroxyl groups is 1. The second-order valence-corrected chi connectivity index (χ2v) is 5.85. The van der Waals surface area contributed by atoms with E-state index >= 15 is 0 Å². The number of carbonyl (C=O) groups is 1. The summed E-state index contributed by atoms with van der Waals surface area (Å²) < 4.78 is 13.4. The van der Waals surface area contributed by atoms with E-state index in [1.807, 2.05) is 6.07 Å². The summed E-state index contributed by atoms with van der Waals surface area (Å²) in [6.45, 7) is 0.428. The number of anilines is 1. The molecule has 0 aromatic heterocycles. The monoisotopic (exact) mass is 396 g/mol. The van der Waals surface area contributed by atoms with E-state index in [4.69, 9.17) is 5.11 Å². The lowest BCUT2D eigenvalue weighted by atomic mass is 10.2. The Bertz CT molecular complexity index is 755. The molecule has 0 unspecified atom stereocenters. The number of nitrogens with zero attached hydrogens (tertiary/aromatic N) is 2. The van der Waals surface area contributed by atoms with Crippen LogP contribution in [0.4, 0.5) is 15.8 Å². The van der Waals surface area contributed by atoms with E-state index < -0.39 is 10.7 Å². The third kappa shape index (κ3) is 4.29. The van der Waals surface area contributed by atoms with Crippen molar-refractivity contribution < 1.29 is 19.2 Å². The van der Waals surface area contributed by atoms with Gasteiger partial charge < -0.3 is 10.0 Å². The number of hydrogen-bond acceptors (Lipinski definition) is 4. The number of phenolic OH excluding ortho intramolecular Hbond substituents is 1. The van der Waals surface area contributed by atoms with Gasteiger partial charge in [-0.2, -0.15) is 0 Å². The first-order chi connectivity index (χ1) is 11.4. The molecule has 0 aliphatic carbocycles. The number of rotatable bonds is 2. The summed E-state index contributed by atoms with van der Waals surface area (Å²) in [5.74, 6) is -0.568. The van der Waals surface area contributed by atoms with Crippen LogP contribution >= 0.6 is 15.9 Å². The van der Waals surface area contributed by atoms with Gasteiger partial charge in [0.05, 0.1) is 15.5 Å². The third-order valence-electron chi connectivity index (χ3n) is 3.33. The van der Waals surface area contributed by atoms with Crippen molar-refractivity contribution in [3.8, 4) is 5.75 Å². The van der Waals surface area contributed by atoms with Gasteiger partial charge in [-0.15, -0.1) is 0 Å². The first-order valence-corrected chi connectivity index (χ1v) is 7.87. The molecule has 0 spiro atoms. The van der Waals surface area contributed by atoms with E-state index in [1.54, 1.807) is 24.3 Å². The van der Waals surface area contributed by atoms with Gasteiger partial charge in [-0.1, -0.05) is 18.2 Å². The van der Waals surface area contributed by atoms with E-state index in [1.165, 1.54) is 11.0 Å². The van der Waals surface area contributed by atoms with Crippen LogP contribution in [0.15, 0.2) is 46.9 Å². The zero-order valence-electron chi connectivity index (χ0n) is 12.5. The number of phenols is 1. The molecule has 0 saturated carbocycles. The highest BCUT2D eigenvalue weighted by molar-refractivity contribution is 9.10. The number of nitro benzene ring substituents is 1. The maximum Gasteiger partial charge on any atom is 0.295 e. The van der Waals surface area contributed by atoms with Crippen LogP contribution in [0.2, 0.25) is 0 Å². The predicted molar refractivity (Wildman–Crippen MR) is 90.4 cm³/mol. The van der Waals surface area contributed by atoms with Gasteiger partial charge in [-0.05, 0) is 40.5 Å². The van der Waals surface area contributed by atoms with Crippen molar-refractivity contribution in [2.45, 2.75) is 12.8 Å². The maximum absolute atomic E-state index is 13.2.